The number of aliphatic carboxylic acids is 1. The lowest BCUT2D eigenvalue weighted by Crippen LogP contribution is -2.51. The second-order valence-electron chi connectivity index (χ2n) is 5.93. The first kappa shape index (κ1) is 19.1. The standard InChI is InChI=1S/C18H25NO6/c1-4-8-24-14-7-6-13(9-15(14)23-5-2)17(20)19-10-12(3)25-16(11-19)18(21)22/h6-7,9,12,16H,4-5,8,10-11H2,1-3H3,(H,21,22)/t12-,16?/m1/s1. The minimum Gasteiger partial charge on any atom is -0.490 e. The number of hydrogen-bond acceptors (Lipinski definition) is 5. The quantitative estimate of drug-likeness (QED) is 0.810. The van der Waals surface area contributed by atoms with Gasteiger partial charge in [-0.05, 0) is 38.5 Å². The van der Waals surface area contributed by atoms with Gasteiger partial charge in [0.2, 0.25) is 0 Å². The van der Waals surface area contributed by atoms with Crippen molar-refractivity contribution in [3.05, 3.63) is 23.8 Å². The van der Waals surface area contributed by atoms with Crippen molar-refractivity contribution < 1.29 is 28.9 Å². The number of carboxylic acids is 1. The number of rotatable bonds is 7. The first-order valence-corrected chi connectivity index (χ1v) is 8.53. The highest BCUT2D eigenvalue weighted by atomic mass is 16.5. The van der Waals surface area contributed by atoms with Crippen LogP contribution < -0.4 is 9.47 Å². The number of carbonyl (C=O) groups excluding carboxylic acids is 1. The highest BCUT2D eigenvalue weighted by Crippen LogP contribution is 2.29. The summed E-state index contributed by atoms with van der Waals surface area (Å²) in [7, 11) is 0. The lowest BCUT2D eigenvalue weighted by Gasteiger charge is -2.35. The molecule has 0 spiro atoms. The molecule has 138 valence electrons. The molecule has 0 saturated carbocycles. The van der Waals surface area contributed by atoms with Crippen LogP contribution in [0.5, 0.6) is 11.5 Å². The van der Waals surface area contributed by atoms with Gasteiger partial charge in [0.25, 0.3) is 5.91 Å². The Morgan fingerprint density at radius 3 is 2.64 bits per heavy atom. The van der Waals surface area contributed by atoms with Crippen LogP contribution in [0, 0.1) is 0 Å². The van der Waals surface area contributed by atoms with Crippen LogP contribution in [-0.4, -0.2) is 60.4 Å². The lowest BCUT2D eigenvalue weighted by molar-refractivity contribution is -0.160. The number of nitrogens with zero attached hydrogens (tertiary/aromatic N) is 1. The maximum Gasteiger partial charge on any atom is 0.334 e. The van der Waals surface area contributed by atoms with Crippen LogP contribution in [0.3, 0.4) is 0 Å². The molecule has 1 aromatic carbocycles. The molecule has 1 saturated heterocycles. The van der Waals surface area contributed by atoms with Crippen LogP contribution in [0.1, 0.15) is 37.6 Å². The van der Waals surface area contributed by atoms with E-state index in [9.17, 15) is 9.59 Å². The van der Waals surface area contributed by atoms with Crippen molar-refractivity contribution in [2.75, 3.05) is 26.3 Å². The van der Waals surface area contributed by atoms with E-state index in [4.69, 9.17) is 19.3 Å². The summed E-state index contributed by atoms with van der Waals surface area (Å²) in [5.41, 5.74) is 0.436. The van der Waals surface area contributed by atoms with E-state index in [1.54, 1.807) is 25.1 Å². The van der Waals surface area contributed by atoms with E-state index in [0.717, 1.165) is 6.42 Å². The van der Waals surface area contributed by atoms with E-state index in [1.165, 1.54) is 4.90 Å². The SMILES string of the molecule is CCCOc1ccc(C(=O)N2CC(C(=O)O)O[C@H](C)C2)cc1OCC. The van der Waals surface area contributed by atoms with Crippen LogP contribution in [0.15, 0.2) is 18.2 Å². The number of hydrogen-bond donors (Lipinski definition) is 1. The van der Waals surface area contributed by atoms with Gasteiger partial charge in [0.05, 0.1) is 25.9 Å². The number of ether oxygens (including phenoxy) is 3. The van der Waals surface area contributed by atoms with E-state index >= 15 is 0 Å². The minimum absolute atomic E-state index is 0.0244. The molecular formula is C18H25NO6. The molecule has 0 aromatic heterocycles. The highest BCUT2D eigenvalue weighted by molar-refractivity contribution is 5.95. The van der Waals surface area contributed by atoms with Crippen molar-refractivity contribution in [3.8, 4) is 11.5 Å². The number of amides is 1. The predicted molar refractivity (Wildman–Crippen MR) is 91.3 cm³/mol. The number of benzene rings is 1. The first-order chi connectivity index (χ1) is 12.0. The monoisotopic (exact) mass is 351 g/mol. The summed E-state index contributed by atoms with van der Waals surface area (Å²) in [6.45, 7) is 7.01. The molecule has 1 fully saturated rings. The van der Waals surface area contributed by atoms with E-state index in [-0.39, 0.29) is 18.6 Å². The van der Waals surface area contributed by atoms with Gasteiger partial charge in [-0.3, -0.25) is 4.79 Å². The lowest BCUT2D eigenvalue weighted by atomic mass is 10.1. The van der Waals surface area contributed by atoms with Crippen LogP contribution in [0.4, 0.5) is 0 Å². The van der Waals surface area contributed by atoms with E-state index in [1.807, 2.05) is 13.8 Å². The molecule has 1 heterocycles. The molecule has 7 heteroatoms. The van der Waals surface area contributed by atoms with E-state index in [2.05, 4.69) is 0 Å². The highest BCUT2D eigenvalue weighted by Gasteiger charge is 2.33. The molecule has 1 N–H and O–H groups in total. The second-order valence-corrected chi connectivity index (χ2v) is 5.93. The summed E-state index contributed by atoms with van der Waals surface area (Å²) in [4.78, 5) is 25.5. The topological polar surface area (TPSA) is 85.3 Å². The molecule has 1 aliphatic rings. The Morgan fingerprint density at radius 2 is 2.00 bits per heavy atom. The van der Waals surface area contributed by atoms with Gasteiger partial charge in [0.15, 0.2) is 17.6 Å². The molecule has 0 radical (unpaired) electrons. The average Bonchev–Trinajstić information content (AvgIpc) is 2.59. The summed E-state index contributed by atoms with van der Waals surface area (Å²) in [6, 6.07) is 5.03. The van der Waals surface area contributed by atoms with Crippen LogP contribution >= 0.6 is 0 Å². The molecule has 1 amide bonds. The zero-order valence-corrected chi connectivity index (χ0v) is 14.9. The van der Waals surface area contributed by atoms with Gasteiger partial charge in [-0.2, -0.15) is 0 Å². The summed E-state index contributed by atoms with van der Waals surface area (Å²) in [6.07, 6.45) is -0.474. The van der Waals surface area contributed by atoms with Crippen molar-refractivity contribution in [1.82, 2.24) is 4.90 Å². The molecule has 0 bridgehead atoms. The van der Waals surface area contributed by atoms with Gasteiger partial charge in [-0.25, -0.2) is 4.79 Å². The third-order valence-electron chi connectivity index (χ3n) is 3.78. The number of morpholine rings is 1. The average molecular weight is 351 g/mol. The Hall–Kier alpha value is -2.28. The fraction of sp³-hybridized carbons (Fsp3) is 0.556. The van der Waals surface area contributed by atoms with Gasteiger partial charge in [0, 0.05) is 12.1 Å². The summed E-state index contributed by atoms with van der Waals surface area (Å²) in [5, 5.41) is 9.16. The van der Waals surface area contributed by atoms with Crippen molar-refractivity contribution in [2.24, 2.45) is 0 Å². The molecule has 7 nitrogen and oxygen atoms in total. The molecule has 25 heavy (non-hydrogen) atoms. The van der Waals surface area contributed by atoms with Crippen molar-refractivity contribution in [2.45, 2.75) is 39.4 Å². The molecule has 2 atom stereocenters. The van der Waals surface area contributed by atoms with Crippen molar-refractivity contribution >= 4 is 11.9 Å². The molecule has 1 aliphatic heterocycles. The third-order valence-corrected chi connectivity index (χ3v) is 3.78. The smallest absolute Gasteiger partial charge is 0.334 e. The first-order valence-electron chi connectivity index (χ1n) is 8.53. The maximum absolute atomic E-state index is 12.8. The van der Waals surface area contributed by atoms with Gasteiger partial charge in [-0.15, -0.1) is 0 Å². The Bertz CT molecular complexity index is 618. The number of carboxylic acid groups (broad SMARTS) is 1. The van der Waals surface area contributed by atoms with Gasteiger partial charge in [-0.1, -0.05) is 6.92 Å². The van der Waals surface area contributed by atoms with Gasteiger partial charge < -0.3 is 24.2 Å². The molecular weight excluding hydrogens is 326 g/mol. The second kappa shape index (κ2) is 8.71. The summed E-state index contributed by atoms with van der Waals surface area (Å²) in [5.74, 6) is -0.205. The minimum atomic E-state index is -1.07. The molecule has 1 aromatic rings. The summed E-state index contributed by atoms with van der Waals surface area (Å²) >= 11 is 0. The van der Waals surface area contributed by atoms with E-state index in [0.29, 0.717) is 36.8 Å². The third kappa shape index (κ3) is 4.85. The van der Waals surface area contributed by atoms with Gasteiger partial charge in [0.1, 0.15) is 0 Å². The summed E-state index contributed by atoms with van der Waals surface area (Å²) < 4.78 is 16.6. The Morgan fingerprint density at radius 1 is 1.24 bits per heavy atom. The van der Waals surface area contributed by atoms with E-state index < -0.39 is 12.1 Å². The normalized spacial score (nSPS) is 20.2. The maximum atomic E-state index is 12.8. The van der Waals surface area contributed by atoms with Crippen LogP contribution in [0.25, 0.3) is 0 Å². The predicted octanol–water partition coefficient (Wildman–Crippen LogP) is 2.19. The Labute approximate surface area is 147 Å². The molecule has 0 aliphatic carbocycles. The number of carbonyl (C=O) groups is 2. The fourth-order valence-electron chi connectivity index (χ4n) is 2.68. The van der Waals surface area contributed by atoms with Crippen molar-refractivity contribution in [1.29, 1.82) is 0 Å². The Balaban J connectivity index is 2.20. The van der Waals surface area contributed by atoms with Crippen molar-refractivity contribution in [3.63, 3.8) is 0 Å². The van der Waals surface area contributed by atoms with Crippen LogP contribution in [0.2, 0.25) is 0 Å². The molecule has 2 rings (SSSR count). The molecule has 1 unspecified atom stereocenters. The van der Waals surface area contributed by atoms with Crippen LogP contribution in [-0.2, 0) is 9.53 Å². The fourth-order valence-corrected chi connectivity index (χ4v) is 2.68. The largest absolute Gasteiger partial charge is 0.490 e. The van der Waals surface area contributed by atoms with Gasteiger partial charge >= 0.3 is 5.97 Å². The zero-order chi connectivity index (χ0) is 18.4. The zero-order valence-electron chi connectivity index (χ0n) is 14.9. The Kier molecular flexibility index (Phi) is 6.64.